The Morgan fingerprint density at radius 3 is 2.30 bits per heavy atom. The number of unbranched alkanes of at least 4 members (excludes halogenated alkanes) is 2. The van der Waals surface area contributed by atoms with Crippen LogP contribution >= 0.6 is 0 Å². The Morgan fingerprint density at radius 2 is 1.78 bits per heavy atom. The van der Waals surface area contributed by atoms with Crippen LogP contribution in [0.25, 0.3) is 0 Å². The predicted octanol–water partition coefficient (Wildman–Crippen LogP) is 3.48. The first-order chi connectivity index (χ1) is 10.7. The average molecular weight is 340 g/mol. The molecule has 0 saturated carbocycles. The average Bonchev–Trinajstić information content (AvgIpc) is 3.21. The summed E-state index contributed by atoms with van der Waals surface area (Å²) in [4.78, 5) is 0. The van der Waals surface area contributed by atoms with Gasteiger partial charge < -0.3 is 5.11 Å². The van der Waals surface area contributed by atoms with E-state index in [9.17, 15) is 13.5 Å². The van der Waals surface area contributed by atoms with E-state index in [1.165, 1.54) is 0 Å². The smallest absolute Gasteiger partial charge is 0.219 e. The summed E-state index contributed by atoms with van der Waals surface area (Å²) in [5, 5.41) is 10.7. The summed E-state index contributed by atoms with van der Waals surface area (Å²) < 4.78 is 26.3. The van der Waals surface area contributed by atoms with Crippen LogP contribution in [0.5, 0.6) is 0 Å². The number of aliphatic hydroxyl groups excluding tert-OH is 1. The van der Waals surface area contributed by atoms with E-state index in [0.717, 1.165) is 31.2 Å². The van der Waals surface area contributed by atoms with E-state index in [4.69, 9.17) is 0 Å². The van der Waals surface area contributed by atoms with Gasteiger partial charge in [-0.15, -0.1) is 0 Å². The summed E-state index contributed by atoms with van der Waals surface area (Å²) in [7, 11) is -3.42. The van der Waals surface area contributed by atoms with Crippen molar-refractivity contribution in [2.75, 3.05) is 0 Å². The fourth-order valence-corrected chi connectivity index (χ4v) is 4.77. The molecular weight excluding hydrogens is 310 g/mol. The molecule has 5 heteroatoms. The molecule has 4 nitrogen and oxygen atoms in total. The summed E-state index contributed by atoms with van der Waals surface area (Å²) in [6.45, 7) is 7.29. The Bertz CT molecular complexity index is 607. The maximum atomic E-state index is 12.8. The molecule has 1 heterocycles. The first-order valence-corrected chi connectivity index (χ1v) is 9.92. The molecule has 0 aliphatic carbocycles. The molecule has 1 unspecified atom stereocenters. The van der Waals surface area contributed by atoms with Gasteiger partial charge in [-0.05, 0) is 32.8 Å². The Morgan fingerprint density at radius 1 is 1.17 bits per heavy atom. The molecule has 1 aliphatic heterocycles. The molecule has 0 aromatic heterocycles. The van der Waals surface area contributed by atoms with Crippen molar-refractivity contribution in [1.82, 2.24) is 4.31 Å². The van der Waals surface area contributed by atoms with Gasteiger partial charge >= 0.3 is 0 Å². The van der Waals surface area contributed by atoms with Crippen LogP contribution in [-0.4, -0.2) is 34.7 Å². The van der Waals surface area contributed by atoms with Crippen LogP contribution in [0, 0.1) is 0 Å². The lowest BCUT2D eigenvalue weighted by Gasteiger charge is -2.21. The highest BCUT2D eigenvalue weighted by Crippen LogP contribution is 2.46. The van der Waals surface area contributed by atoms with E-state index in [2.05, 4.69) is 6.92 Å². The zero-order valence-electron chi connectivity index (χ0n) is 14.6. The Labute approximate surface area is 140 Å². The van der Waals surface area contributed by atoms with Crippen LogP contribution in [0.4, 0.5) is 0 Å². The van der Waals surface area contributed by atoms with Gasteiger partial charge in [0.25, 0.3) is 0 Å². The van der Waals surface area contributed by atoms with E-state index in [1.54, 1.807) is 25.1 Å². The normalized spacial score (nSPS) is 26.0. The van der Waals surface area contributed by atoms with Gasteiger partial charge in [-0.1, -0.05) is 56.5 Å². The van der Waals surface area contributed by atoms with Crippen molar-refractivity contribution in [3.05, 3.63) is 35.9 Å². The van der Waals surface area contributed by atoms with Crippen molar-refractivity contribution >= 4 is 10.0 Å². The van der Waals surface area contributed by atoms with Gasteiger partial charge in [0.15, 0.2) is 0 Å². The fraction of sp³-hybridized carbons (Fsp3) is 0.667. The van der Waals surface area contributed by atoms with Crippen LogP contribution in [-0.2, 0) is 10.0 Å². The number of nitrogens with zero attached hydrogens (tertiary/aromatic N) is 1. The zero-order valence-corrected chi connectivity index (χ0v) is 15.4. The van der Waals surface area contributed by atoms with Gasteiger partial charge in [0, 0.05) is 6.04 Å². The molecule has 0 radical (unpaired) electrons. The van der Waals surface area contributed by atoms with Crippen LogP contribution in [0.15, 0.2) is 30.3 Å². The molecule has 4 atom stereocenters. The number of sulfonamides is 1. The molecule has 0 amide bonds. The Balaban J connectivity index is 2.21. The number of rotatable bonds is 7. The maximum Gasteiger partial charge on any atom is 0.219 e. The van der Waals surface area contributed by atoms with Gasteiger partial charge in [0.05, 0.1) is 16.9 Å². The molecule has 2 rings (SSSR count). The van der Waals surface area contributed by atoms with Gasteiger partial charge in [0.2, 0.25) is 10.0 Å². The summed E-state index contributed by atoms with van der Waals surface area (Å²) in [6, 6.07) is 8.93. The molecule has 1 aliphatic rings. The van der Waals surface area contributed by atoms with Crippen molar-refractivity contribution in [3.8, 4) is 0 Å². The van der Waals surface area contributed by atoms with Crippen molar-refractivity contribution < 1.29 is 13.5 Å². The standard InChI is InChI=1S/C18H29NO3S/c1-5-6-8-13-15-16(17(20)14-11-9-7-10-12-14)19(15)23(21,22)18(2,3)4/h7,9-12,15-17,20H,5-6,8,13H2,1-4H3/t15-,16-,17-,19?/m0/s1. The first kappa shape index (κ1) is 18.4. The third-order valence-electron chi connectivity index (χ3n) is 4.54. The van der Waals surface area contributed by atoms with E-state index in [0.29, 0.717) is 0 Å². The lowest BCUT2D eigenvalue weighted by Crippen LogP contribution is -2.35. The van der Waals surface area contributed by atoms with Crippen LogP contribution in [0.1, 0.15) is 65.0 Å². The molecule has 0 bridgehead atoms. The topological polar surface area (TPSA) is 57.4 Å². The lowest BCUT2D eigenvalue weighted by molar-refractivity contribution is 0.166. The molecule has 23 heavy (non-hydrogen) atoms. The van der Waals surface area contributed by atoms with Crippen molar-refractivity contribution in [2.24, 2.45) is 0 Å². The zero-order chi connectivity index (χ0) is 17.3. The third kappa shape index (κ3) is 3.78. The van der Waals surface area contributed by atoms with E-state index < -0.39 is 20.9 Å². The minimum absolute atomic E-state index is 0.0824. The van der Waals surface area contributed by atoms with Gasteiger partial charge in [-0.3, -0.25) is 0 Å². The van der Waals surface area contributed by atoms with Gasteiger partial charge in [-0.25, -0.2) is 8.42 Å². The van der Waals surface area contributed by atoms with E-state index >= 15 is 0 Å². The maximum absolute atomic E-state index is 12.8. The van der Waals surface area contributed by atoms with Crippen LogP contribution in [0.2, 0.25) is 0 Å². The van der Waals surface area contributed by atoms with Gasteiger partial charge in [-0.2, -0.15) is 4.31 Å². The number of benzene rings is 1. The van der Waals surface area contributed by atoms with Crippen molar-refractivity contribution in [2.45, 2.75) is 76.3 Å². The number of aliphatic hydroxyl groups is 1. The Hall–Kier alpha value is -0.910. The highest BCUT2D eigenvalue weighted by molar-refractivity contribution is 7.90. The molecule has 1 aromatic rings. The highest BCUT2D eigenvalue weighted by atomic mass is 32.2. The number of hydrogen-bond donors (Lipinski definition) is 1. The number of hydrogen-bond acceptors (Lipinski definition) is 3. The molecular formula is C18H29NO3S. The third-order valence-corrected chi connectivity index (χ3v) is 7.16. The molecule has 1 saturated heterocycles. The van der Waals surface area contributed by atoms with Gasteiger partial charge in [0.1, 0.15) is 0 Å². The SMILES string of the molecule is CCCCC[C@H]1[C@@H]([C@@H](O)c2ccccc2)N1S(=O)(=O)C(C)(C)C. The quantitative estimate of drug-likeness (QED) is 0.611. The monoisotopic (exact) mass is 339 g/mol. The largest absolute Gasteiger partial charge is 0.387 e. The minimum atomic E-state index is -3.42. The minimum Gasteiger partial charge on any atom is -0.387 e. The van der Waals surface area contributed by atoms with Crippen LogP contribution in [0.3, 0.4) is 0 Å². The van der Waals surface area contributed by atoms with Crippen molar-refractivity contribution in [3.63, 3.8) is 0 Å². The predicted molar refractivity (Wildman–Crippen MR) is 93.6 cm³/mol. The lowest BCUT2D eigenvalue weighted by atomic mass is 10.0. The molecule has 0 spiro atoms. The molecule has 130 valence electrons. The summed E-state index contributed by atoms with van der Waals surface area (Å²) in [5.74, 6) is 0. The van der Waals surface area contributed by atoms with E-state index in [-0.39, 0.29) is 12.1 Å². The second-order valence-corrected chi connectivity index (χ2v) is 9.95. The summed E-state index contributed by atoms with van der Waals surface area (Å²) in [5.41, 5.74) is 0.782. The second kappa shape index (κ2) is 6.91. The summed E-state index contributed by atoms with van der Waals surface area (Å²) >= 11 is 0. The molecule has 1 N–H and O–H groups in total. The first-order valence-electron chi connectivity index (χ1n) is 8.48. The van der Waals surface area contributed by atoms with Crippen molar-refractivity contribution in [1.29, 1.82) is 0 Å². The summed E-state index contributed by atoms with van der Waals surface area (Å²) in [6.07, 6.45) is 3.24. The van der Waals surface area contributed by atoms with Crippen LogP contribution < -0.4 is 0 Å². The second-order valence-electron chi connectivity index (χ2n) is 7.36. The molecule has 1 fully saturated rings. The Kier molecular flexibility index (Phi) is 5.54. The highest BCUT2D eigenvalue weighted by Gasteiger charge is 2.60. The fourth-order valence-electron chi connectivity index (χ4n) is 3.03. The van der Waals surface area contributed by atoms with E-state index in [1.807, 2.05) is 30.3 Å². The molecule has 1 aromatic carbocycles.